The number of hydrogen-bond donors (Lipinski definition) is 1. The van der Waals surface area contributed by atoms with Crippen LogP contribution in [-0.2, 0) is 4.79 Å². The molecule has 0 aromatic carbocycles. The van der Waals surface area contributed by atoms with Gasteiger partial charge in [-0.3, -0.25) is 4.79 Å². The number of amides is 1. The van der Waals surface area contributed by atoms with Crippen LogP contribution in [0.5, 0.6) is 0 Å². The molecule has 2 N–H and O–H groups in total. The van der Waals surface area contributed by atoms with Crippen LogP contribution in [0.4, 0.5) is 0 Å². The maximum atomic E-state index is 11.8. The van der Waals surface area contributed by atoms with E-state index in [4.69, 9.17) is 18.0 Å². The Labute approximate surface area is 84.3 Å². The Balaban J connectivity index is 2.69. The van der Waals surface area contributed by atoms with Gasteiger partial charge in [0.1, 0.15) is 0 Å². The van der Waals surface area contributed by atoms with E-state index in [0.29, 0.717) is 6.04 Å². The fraction of sp³-hybridized carbons (Fsp3) is 0.778. The lowest BCUT2D eigenvalue weighted by molar-refractivity contribution is -0.136. The normalized spacial score (nSPS) is 16.8. The Kier molecular flexibility index (Phi) is 2.61. The number of nitrogens with zero attached hydrogens (tertiary/aromatic N) is 1. The van der Waals surface area contributed by atoms with Crippen molar-refractivity contribution in [3.05, 3.63) is 0 Å². The van der Waals surface area contributed by atoms with Crippen molar-refractivity contribution in [3.63, 3.8) is 0 Å². The van der Waals surface area contributed by atoms with Crippen LogP contribution in [0, 0.1) is 5.41 Å². The molecule has 1 saturated carbocycles. The highest BCUT2D eigenvalue weighted by Gasteiger charge is 2.39. The Morgan fingerprint density at radius 1 is 1.54 bits per heavy atom. The number of nitrogens with two attached hydrogens (primary N) is 1. The topological polar surface area (TPSA) is 46.3 Å². The summed E-state index contributed by atoms with van der Waals surface area (Å²) in [6.07, 6.45) is 2.21. The Morgan fingerprint density at radius 3 is 2.31 bits per heavy atom. The molecule has 13 heavy (non-hydrogen) atoms. The van der Waals surface area contributed by atoms with Gasteiger partial charge in [0, 0.05) is 13.1 Å². The van der Waals surface area contributed by atoms with Gasteiger partial charge in [0.25, 0.3) is 0 Å². The average molecular weight is 200 g/mol. The van der Waals surface area contributed by atoms with E-state index < -0.39 is 5.41 Å². The van der Waals surface area contributed by atoms with Crippen LogP contribution in [0.3, 0.4) is 0 Å². The maximum absolute atomic E-state index is 11.8. The van der Waals surface area contributed by atoms with Gasteiger partial charge in [-0.05, 0) is 26.7 Å². The van der Waals surface area contributed by atoms with Crippen LogP contribution in [0.15, 0.2) is 0 Å². The lowest BCUT2D eigenvalue weighted by Gasteiger charge is -2.28. The Hall–Kier alpha value is -0.640. The molecule has 0 atom stereocenters. The lowest BCUT2D eigenvalue weighted by atomic mass is 9.92. The molecule has 74 valence electrons. The molecule has 3 nitrogen and oxygen atoms in total. The van der Waals surface area contributed by atoms with Crippen LogP contribution in [0.25, 0.3) is 0 Å². The van der Waals surface area contributed by atoms with Crippen molar-refractivity contribution >= 4 is 23.1 Å². The molecule has 1 amide bonds. The molecule has 1 fully saturated rings. The van der Waals surface area contributed by atoms with Gasteiger partial charge in [-0.25, -0.2) is 0 Å². The van der Waals surface area contributed by atoms with Crippen LogP contribution >= 0.6 is 12.2 Å². The van der Waals surface area contributed by atoms with Crippen molar-refractivity contribution in [3.8, 4) is 0 Å². The molecule has 0 heterocycles. The zero-order valence-corrected chi connectivity index (χ0v) is 9.15. The van der Waals surface area contributed by atoms with Crippen molar-refractivity contribution in [1.82, 2.24) is 4.90 Å². The first kappa shape index (κ1) is 10.4. The molecule has 0 saturated heterocycles. The smallest absolute Gasteiger partial charge is 0.235 e. The minimum absolute atomic E-state index is 0.0301. The molecule has 0 bridgehead atoms. The standard InChI is InChI=1S/C9H16N2OS/c1-9(2,7(10)13)8(12)11(3)6-4-5-6/h6H,4-5H2,1-3H3,(H2,10,13). The molecule has 1 rings (SSSR count). The summed E-state index contributed by atoms with van der Waals surface area (Å²) in [5, 5.41) is 0. The molecule has 0 radical (unpaired) electrons. The summed E-state index contributed by atoms with van der Waals surface area (Å²) in [6.45, 7) is 3.55. The monoisotopic (exact) mass is 200 g/mol. The first-order valence-corrected chi connectivity index (χ1v) is 4.85. The van der Waals surface area contributed by atoms with Gasteiger partial charge in [0.15, 0.2) is 0 Å². The van der Waals surface area contributed by atoms with Crippen molar-refractivity contribution in [2.75, 3.05) is 7.05 Å². The molecule has 4 heteroatoms. The summed E-state index contributed by atoms with van der Waals surface area (Å²) in [5.74, 6) is 0.0301. The molecule has 1 aliphatic carbocycles. The first-order valence-electron chi connectivity index (χ1n) is 4.44. The van der Waals surface area contributed by atoms with Gasteiger partial charge < -0.3 is 10.6 Å². The third-order valence-corrected chi connectivity index (χ3v) is 3.08. The van der Waals surface area contributed by atoms with Gasteiger partial charge >= 0.3 is 0 Å². The van der Waals surface area contributed by atoms with Gasteiger partial charge in [-0.1, -0.05) is 12.2 Å². The van der Waals surface area contributed by atoms with Crippen LogP contribution in [0.1, 0.15) is 26.7 Å². The highest BCUT2D eigenvalue weighted by atomic mass is 32.1. The summed E-state index contributed by atoms with van der Waals surface area (Å²) < 4.78 is 0. The number of thiocarbonyl (C=S) groups is 1. The zero-order valence-electron chi connectivity index (χ0n) is 8.33. The third-order valence-electron chi connectivity index (χ3n) is 2.57. The summed E-state index contributed by atoms with van der Waals surface area (Å²) in [5.41, 5.74) is 4.81. The molecule has 0 spiro atoms. The maximum Gasteiger partial charge on any atom is 0.235 e. The second-order valence-corrected chi connectivity index (χ2v) is 4.58. The molecule has 0 unspecified atom stereocenters. The van der Waals surface area contributed by atoms with Crippen LogP contribution < -0.4 is 5.73 Å². The van der Waals surface area contributed by atoms with E-state index in [2.05, 4.69) is 0 Å². The van der Waals surface area contributed by atoms with Gasteiger partial charge in [-0.15, -0.1) is 0 Å². The number of rotatable bonds is 3. The lowest BCUT2D eigenvalue weighted by Crippen LogP contribution is -2.46. The highest BCUT2D eigenvalue weighted by Crippen LogP contribution is 2.29. The molecular weight excluding hydrogens is 184 g/mol. The van der Waals surface area contributed by atoms with Gasteiger partial charge in [0.05, 0.1) is 10.4 Å². The van der Waals surface area contributed by atoms with Crippen LogP contribution in [0.2, 0.25) is 0 Å². The molecule has 0 aliphatic heterocycles. The summed E-state index contributed by atoms with van der Waals surface area (Å²) in [7, 11) is 1.82. The van der Waals surface area contributed by atoms with Gasteiger partial charge in [0.2, 0.25) is 5.91 Å². The average Bonchev–Trinajstić information content (AvgIpc) is 2.83. The van der Waals surface area contributed by atoms with E-state index in [0.717, 1.165) is 12.8 Å². The van der Waals surface area contributed by atoms with Crippen LogP contribution in [-0.4, -0.2) is 28.9 Å². The number of carbonyl (C=O) groups excluding carboxylic acids is 1. The molecular formula is C9H16N2OS. The van der Waals surface area contributed by atoms with Crippen molar-refractivity contribution in [2.24, 2.45) is 11.1 Å². The van der Waals surface area contributed by atoms with Crippen molar-refractivity contribution < 1.29 is 4.79 Å². The SMILES string of the molecule is CN(C(=O)C(C)(C)C(N)=S)C1CC1. The minimum atomic E-state index is -0.702. The van der Waals surface area contributed by atoms with E-state index in [9.17, 15) is 4.79 Å². The predicted octanol–water partition coefficient (Wildman–Crippen LogP) is 0.919. The molecule has 1 aliphatic rings. The molecule has 0 aromatic heterocycles. The fourth-order valence-corrected chi connectivity index (χ4v) is 1.26. The van der Waals surface area contributed by atoms with Gasteiger partial charge in [-0.2, -0.15) is 0 Å². The number of hydrogen-bond acceptors (Lipinski definition) is 2. The Morgan fingerprint density at radius 2 is 2.00 bits per heavy atom. The second-order valence-electron chi connectivity index (χ2n) is 4.14. The zero-order chi connectivity index (χ0) is 10.2. The van der Waals surface area contributed by atoms with Crippen molar-refractivity contribution in [2.45, 2.75) is 32.7 Å². The summed E-state index contributed by atoms with van der Waals surface area (Å²) >= 11 is 4.86. The fourth-order valence-electron chi connectivity index (χ4n) is 1.17. The van der Waals surface area contributed by atoms with E-state index >= 15 is 0 Å². The largest absolute Gasteiger partial charge is 0.392 e. The predicted molar refractivity (Wildman–Crippen MR) is 56.4 cm³/mol. The minimum Gasteiger partial charge on any atom is -0.392 e. The third kappa shape index (κ3) is 1.99. The Bertz CT molecular complexity index is 246. The van der Waals surface area contributed by atoms with Crippen molar-refractivity contribution in [1.29, 1.82) is 0 Å². The van der Waals surface area contributed by atoms with E-state index in [1.165, 1.54) is 0 Å². The quantitative estimate of drug-likeness (QED) is 0.689. The summed E-state index contributed by atoms with van der Waals surface area (Å²) in [6, 6.07) is 0.418. The van der Waals surface area contributed by atoms with E-state index in [1.807, 2.05) is 7.05 Å². The molecule has 0 aromatic rings. The first-order chi connectivity index (χ1) is 5.87. The second kappa shape index (κ2) is 3.25. The summed E-state index contributed by atoms with van der Waals surface area (Å²) in [4.78, 5) is 13.9. The van der Waals surface area contributed by atoms with E-state index in [-0.39, 0.29) is 10.9 Å². The highest BCUT2D eigenvalue weighted by molar-refractivity contribution is 7.80. The van der Waals surface area contributed by atoms with E-state index in [1.54, 1.807) is 18.7 Å². The number of carbonyl (C=O) groups is 1.